The van der Waals surface area contributed by atoms with E-state index in [4.69, 9.17) is 18.0 Å². The normalized spacial score (nSPS) is 10.9. The van der Waals surface area contributed by atoms with Crippen LogP contribution < -0.4 is 10.5 Å². The highest BCUT2D eigenvalue weighted by Crippen LogP contribution is 2.17. The zero-order valence-corrected chi connectivity index (χ0v) is 11.3. The number of nitrogens with zero attached hydrogens (tertiary/aromatic N) is 2. The van der Waals surface area contributed by atoms with Crippen LogP contribution in [0.4, 0.5) is 5.69 Å². The van der Waals surface area contributed by atoms with Gasteiger partial charge in [-0.1, -0.05) is 12.2 Å². The molecule has 0 unspecified atom stereocenters. The van der Waals surface area contributed by atoms with Gasteiger partial charge >= 0.3 is 0 Å². The van der Waals surface area contributed by atoms with Crippen LogP contribution >= 0.6 is 12.2 Å². The molecule has 2 rings (SSSR count). The molecule has 0 saturated carbocycles. The molecule has 0 bridgehead atoms. The minimum Gasteiger partial charge on any atom is -0.388 e. The van der Waals surface area contributed by atoms with Crippen molar-refractivity contribution in [1.29, 1.82) is 0 Å². The lowest BCUT2D eigenvalue weighted by Crippen LogP contribution is -2.21. The lowest BCUT2D eigenvalue weighted by Gasteiger charge is -2.10. The highest BCUT2D eigenvalue weighted by atomic mass is 32.2. The van der Waals surface area contributed by atoms with E-state index in [0.29, 0.717) is 5.69 Å². The van der Waals surface area contributed by atoms with Gasteiger partial charge in [0.1, 0.15) is 15.6 Å². The Hall–Kier alpha value is -2.06. The van der Waals surface area contributed by atoms with Gasteiger partial charge in [-0.05, 0) is 24.3 Å². The Morgan fingerprint density at radius 1 is 1.21 bits per heavy atom. The molecule has 0 atom stereocenters. The van der Waals surface area contributed by atoms with Gasteiger partial charge in [-0.2, -0.15) is 0 Å². The largest absolute Gasteiger partial charge is 0.388 e. The highest BCUT2D eigenvalue weighted by molar-refractivity contribution is 7.93. The molecule has 8 heteroatoms. The molecule has 6 nitrogen and oxygen atoms in total. The van der Waals surface area contributed by atoms with Crippen LogP contribution in [0.25, 0.3) is 0 Å². The summed E-state index contributed by atoms with van der Waals surface area (Å²) in [6.45, 7) is 0. The lowest BCUT2D eigenvalue weighted by atomic mass is 10.3. The fourth-order valence-corrected chi connectivity index (χ4v) is 2.88. The van der Waals surface area contributed by atoms with Crippen LogP contribution in [-0.4, -0.2) is 23.4 Å². The summed E-state index contributed by atoms with van der Waals surface area (Å²) < 4.78 is 26.9. The zero-order valence-electron chi connectivity index (χ0n) is 9.65. The average molecular weight is 294 g/mol. The molecule has 2 aromatic heterocycles. The predicted octanol–water partition coefficient (Wildman–Crippen LogP) is 0.912. The summed E-state index contributed by atoms with van der Waals surface area (Å²) in [5, 5.41) is 0. The van der Waals surface area contributed by atoms with Crippen LogP contribution in [0, 0.1) is 0 Å². The molecular formula is C11H10N4O2S2. The third-order valence-corrected chi connectivity index (χ3v) is 3.83. The van der Waals surface area contributed by atoms with E-state index in [1.54, 1.807) is 0 Å². The fourth-order valence-electron chi connectivity index (χ4n) is 1.42. The molecule has 0 aliphatic heterocycles. The molecule has 0 fully saturated rings. The minimum absolute atomic E-state index is 0.0562. The lowest BCUT2D eigenvalue weighted by molar-refractivity contribution is 0.600. The number of sulfonamides is 1. The van der Waals surface area contributed by atoms with E-state index in [1.807, 2.05) is 0 Å². The third-order valence-electron chi connectivity index (χ3n) is 2.23. The number of nitrogens with two attached hydrogens (primary N) is 1. The Balaban J connectivity index is 2.43. The van der Waals surface area contributed by atoms with E-state index in [0.717, 1.165) is 0 Å². The van der Waals surface area contributed by atoms with Crippen molar-refractivity contribution < 1.29 is 8.42 Å². The van der Waals surface area contributed by atoms with Gasteiger partial charge in [-0.15, -0.1) is 0 Å². The smallest absolute Gasteiger partial charge is 0.264 e. The minimum atomic E-state index is -3.80. The van der Waals surface area contributed by atoms with Crippen molar-refractivity contribution in [2.24, 2.45) is 5.73 Å². The average Bonchev–Trinajstić information content (AvgIpc) is 2.39. The van der Waals surface area contributed by atoms with Gasteiger partial charge in [-0.25, -0.2) is 8.42 Å². The quantitative estimate of drug-likeness (QED) is 0.813. The van der Waals surface area contributed by atoms with Gasteiger partial charge in [0.25, 0.3) is 10.0 Å². The van der Waals surface area contributed by atoms with Crippen molar-refractivity contribution >= 4 is 32.9 Å². The Kier molecular flexibility index (Phi) is 3.72. The van der Waals surface area contributed by atoms with Crippen LogP contribution in [0.15, 0.2) is 47.8 Å². The van der Waals surface area contributed by atoms with Gasteiger partial charge < -0.3 is 5.73 Å². The van der Waals surface area contributed by atoms with Crippen molar-refractivity contribution in [2.45, 2.75) is 4.90 Å². The summed E-state index contributed by atoms with van der Waals surface area (Å²) in [7, 11) is -3.80. The number of rotatable bonds is 4. The van der Waals surface area contributed by atoms with E-state index >= 15 is 0 Å². The van der Waals surface area contributed by atoms with E-state index < -0.39 is 10.0 Å². The predicted molar refractivity (Wildman–Crippen MR) is 75.2 cm³/mol. The molecule has 3 N–H and O–H groups in total. The topological polar surface area (TPSA) is 98.0 Å². The summed E-state index contributed by atoms with van der Waals surface area (Å²) in [4.78, 5) is 7.56. The van der Waals surface area contributed by atoms with Crippen molar-refractivity contribution in [3.8, 4) is 0 Å². The first-order chi connectivity index (χ1) is 9.00. The number of nitrogens with one attached hydrogen (secondary N) is 1. The maximum atomic E-state index is 12.2. The van der Waals surface area contributed by atoms with E-state index in [1.165, 1.54) is 42.9 Å². The number of thiocarbonyl (C=S) groups is 1. The molecule has 0 saturated heterocycles. The molecule has 19 heavy (non-hydrogen) atoms. The molecule has 2 aromatic rings. The maximum absolute atomic E-state index is 12.2. The van der Waals surface area contributed by atoms with E-state index in [2.05, 4.69) is 14.7 Å². The van der Waals surface area contributed by atoms with Gasteiger partial charge in [-0.3, -0.25) is 14.7 Å². The molecule has 0 radical (unpaired) electrons. The molecule has 0 aromatic carbocycles. The van der Waals surface area contributed by atoms with Crippen LogP contribution in [0.1, 0.15) is 5.69 Å². The van der Waals surface area contributed by atoms with Gasteiger partial charge in [0, 0.05) is 18.6 Å². The molecule has 0 amide bonds. The second-order valence-corrected chi connectivity index (χ2v) is 5.65. The second kappa shape index (κ2) is 5.29. The third kappa shape index (κ3) is 3.04. The molecule has 0 spiro atoms. The van der Waals surface area contributed by atoms with Crippen molar-refractivity contribution in [1.82, 2.24) is 9.97 Å². The highest BCUT2D eigenvalue weighted by Gasteiger charge is 2.20. The first-order valence-electron chi connectivity index (χ1n) is 5.18. The van der Waals surface area contributed by atoms with Gasteiger partial charge in [0.2, 0.25) is 0 Å². The second-order valence-electron chi connectivity index (χ2n) is 3.56. The number of anilines is 1. The number of hydrogen-bond donors (Lipinski definition) is 2. The molecular weight excluding hydrogens is 284 g/mol. The molecule has 2 heterocycles. The summed E-state index contributed by atoms with van der Waals surface area (Å²) in [5.74, 6) is 0. The SMILES string of the molecule is NC(=S)c1ncccc1S(=O)(=O)Nc1ccncc1. The van der Waals surface area contributed by atoms with Crippen molar-refractivity contribution in [2.75, 3.05) is 4.72 Å². The first-order valence-corrected chi connectivity index (χ1v) is 7.07. The van der Waals surface area contributed by atoms with E-state index in [9.17, 15) is 8.42 Å². The number of aromatic nitrogens is 2. The molecule has 0 aliphatic rings. The molecule has 0 aliphatic carbocycles. The van der Waals surface area contributed by atoms with Crippen molar-refractivity contribution in [3.63, 3.8) is 0 Å². The first kappa shape index (κ1) is 13.4. The summed E-state index contributed by atoms with van der Waals surface area (Å²) in [6.07, 6.45) is 4.39. The van der Waals surface area contributed by atoms with Gasteiger partial charge in [0.15, 0.2) is 0 Å². The molecule has 98 valence electrons. The standard InChI is InChI=1S/C11H10N4O2S2/c12-11(18)10-9(2-1-5-14-10)19(16,17)15-8-3-6-13-7-4-8/h1-7H,(H2,12,18)(H,13,15). The Labute approximate surface area is 115 Å². The van der Waals surface area contributed by atoms with Crippen LogP contribution in [-0.2, 0) is 10.0 Å². The Morgan fingerprint density at radius 2 is 1.89 bits per heavy atom. The Bertz CT molecular complexity index is 702. The summed E-state index contributed by atoms with van der Waals surface area (Å²) >= 11 is 4.80. The Morgan fingerprint density at radius 3 is 2.53 bits per heavy atom. The monoisotopic (exact) mass is 294 g/mol. The number of pyridine rings is 2. The van der Waals surface area contributed by atoms with Crippen LogP contribution in [0.3, 0.4) is 0 Å². The van der Waals surface area contributed by atoms with Crippen LogP contribution in [0.5, 0.6) is 0 Å². The zero-order chi connectivity index (χ0) is 13.9. The van der Waals surface area contributed by atoms with Crippen molar-refractivity contribution in [3.05, 3.63) is 48.5 Å². The summed E-state index contributed by atoms with van der Waals surface area (Å²) in [5.41, 5.74) is 5.94. The summed E-state index contributed by atoms with van der Waals surface area (Å²) in [6, 6.07) is 5.97. The fraction of sp³-hybridized carbons (Fsp3) is 0. The maximum Gasteiger partial charge on any atom is 0.264 e. The number of hydrogen-bond acceptors (Lipinski definition) is 5. The van der Waals surface area contributed by atoms with Gasteiger partial charge in [0.05, 0.1) is 5.69 Å². The van der Waals surface area contributed by atoms with Crippen LogP contribution in [0.2, 0.25) is 0 Å². The van der Waals surface area contributed by atoms with E-state index in [-0.39, 0.29) is 15.6 Å².